The van der Waals surface area contributed by atoms with Gasteiger partial charge in [0.05, 0.1) is 5.25 Å². The van der Waals surface area contributed by atoms with E-state index in [1.807, 2.05) is 36.9 Å². The third-order valence-electron chi connectivity index (χ3n) is 4.51. The molecule has 1 aliphatic heterocycles. The third-order valence-corrected chi connectivity index (χ3v) is 5.59. The molecule has 1 N–H and O–H groups in total. The Balaban J connectivity index is 1.57. The summed E-state index contributed by atoms with van der Waals surface area (Å²) in [5.74, 6) is 0.0983. The molecule has 2 heterocycles. The maximum absolute atomic E-state index is 12.8. The van der Waals surface area contributed by atoms with E-state index >= 15 is 0 Å². The molecule has 2 aromatic rings. The Morgan fingerprint density at radius 2 is 1.92 bits per heavy atom. The van der Waals surface area contributed by atoms with Crippen LogP contribution in [0, 0.1) is 0 Å². The standard InChI is InChI=1S/C18H25N5O2S/c1-3-9-23-17(25)19-20-18(23)26-14(2)16(24)22-12-10-21(11-13-22)15-7-5-4-6-8-15/h4-8,14H,3,9-13H2,1-2H3,(H,19,25). The summed E-state index contributed by atoms with van der Waals surface area (Å²) < 4.78 is 1.60. The smallest absolute Gasteiger partial charge is 0.343 e. The molecule has 1 aliphatic rings. The van der Waals surface area contributed by atoms with Gasteiger partial charge < -0.3 is 9.80 Å². The van der Waals surface area contributed by atoms with E-state index in [4.69, 9.17) is 0 Å². The molecule has 8 heteroatoms. The Labute approximate surface area is 157 Å². The van der Waals surface area contributed by atoms with Crippen molar-refractivity contribution in [2.24, 2.45) is 0 Å². The van der Waals surface area contributed by atoms with Gasteiger partial charge in [0.2, 0.25) is 5.91 Å². The number of amides is 1. The Kier molecular flexibility index (Phi) is 6.03. The number of aromatic nitrogens is 3. The largest absolute Gasteiger partial charge is 0.368 e. The predicted octanol–water partition coefficient (Wildman–Crippen LogP) is 1.81. The zero-order valence-corrected chi connectivity index (χ0v) is 16.0. The second-order valence-corrected chi connectivity index (χ2v) is 7.68. The molecule has 0 saturated carbocycles. The highest BCUT2D eigenvalue weighted by Crippen LogP contribution is 2.23. The van der Waals surface area contributed by atoms with Crippen molar-refractivity contribution < 1.29 is 4.79 Å². The molecule has 1 aromatic heterocycles. The quantitative estimate of drug-likeness (QED) is 0.780. The number of thioether (sulfide) groups is 1. The number of benzene rings is 1. The Morgan fingerprint density at radius 3 is 2.58 bits per heavy atom. The van der Waals surface area contributed by atoms with Crippen LogP contribution in [0.5, 0.6) is 0 Å². The van der Waals surface area contributed by atoms with Crippen LogP contribution in [0.4, 0.5) is 5.69 Å². The van der Waals surface area contributed by atoms with Crippen molar-refractivity contribution in [3.63, 3.8) is 0 Å². The number of hydrogen-bond acceptors (Lipinski definition) is 5. The van der Waals surface area contributed by atoms with E-state index in [-0.39, 0.29) is 16.8 Å². The van der Waals surface area contributed by atoms with Crippen LogP contribution in [0.3, 0.4) is 0 Å². The summed E-state index contributed by atoms with van der Waals surface area (Å²) in [6.45, 7) is 7.57. The number of H-pyrrole nitrogens is 1. The minimum Gasteiger partial charge on any atom is -0.368 e. The van der Waals surface area contributed by atoms with E-state index in [1.54, 1.807) is 4.57 Å². The van der Waals surface area contributed by atoms with E-state index in [1.165, 1.54) is 17.4 Å². The number of aromatic amines is 1. The molecular formula is C18H25N5O2S. The lowest BCUT2D eigenvalue weighted by molar-refractivity contribution is -0.130. The van der Waals surface area contributed by atoms with Crippen molar-refractivity contribution in [3.8, 4) is 0 Å². The van der Waals surface area contributed by atoms with Crippen molar-refractivity contribution in [3.05, 3.63) is 40.8 Å². The molecule has 0 spiro atoms. The van der Waals surface area contributed by atoms with Crippen LogP contribution in [-0.4, -0.2) is 57.0 Å². The molecule has 1 fully saturated rings. The molecule has 26 heavy (non-hydrogen) atoms. The summed E-state index contributed by atoms with van der Waals surface area (Å²) in [6.07, 6.45) is 0.844. The molecule has 140 valence electrons. The number of rotatable bonds is 6. The fraction of sp³-hybridized carbons (Fsp3) is 0.500. The van der Waals surface area contributed by atoms with Crippen LogP contribution >= 0.6 is 11.8 Å². The average molecular weight is 375 g/mol. The monoisotopic (exact) mass is 375 g/mol. The van der Waals surface area contributed by atoms with Crippen LogP contribution < -0.4 is 10.6 Å². The Morgan fingerprint density at radius 1 is 1.23 bits per heavy atom. The minimum atomic E-state index is -0.274. The van der Waals surface area contributed by atoms with Gasteiger partial charge in [-0.2, -0.15) is 0 Å². The molecule has 1 amide bonds. The van der Waals surface area contributed by atoms with Gasteiger partial charge in [-0.3, -0.25) is 9.36 Å². The number of carbonyl (C=O) groups excluding carboxylic acids is 1. The lowest BCUT2D eigenvalue weighted by Crippen LogP contribution is -2.50. The first-order valence-corrected chi connectivity index (χ1v) is 9.88. The van der Waals surface area contributed by atoms with Crippen molar-refractivity contribution in [2.45, 2.75) is 37.2 Å². The molecule has 0 aliphatic carbocycles. The summed E-state index contributed by atoms with van der Waals surface area (Å²) in [6, 6.07) is 10.3. The second-order valence-electron chi connectivity index (χ2n) is 6.37. The van der Waals surface area contributed by atoms with Crippen molar-refractivity contribution in [1.82, 2.24) is 19.7 Å². The first-order chi connectivity index (χ1) is 12.6. The summed E-state index contributed by atoms with van der Waals surface area (Å²) in [5, 5.41) is 6.85. The zero-order chi connectivity index (χ0) is 18.5. The summed E-state index contributed by atoms with van der Waals surface area (Å²) in [4.78, 5) is 28.8. The van der Waals surface area contributed by atoms with Gasteiger partial charge in [0.15, 0.2) is 5.16 Å². The first-order valence-electron chi connectivity index (χ1n) is 9.00. The molecular weight excluding hydrogens is 350 g/mol. The fourth-order valence-electron chi connectivity index (χ4n) is 3.10. The molecule has 1 aromatic carbocycles. The van der Waals surface area contributed by atoms with E-state index in [2.05, 4.69) is 27.2 Å². The van der Waals surface area contributed by atoms with E-state index < -0.39 is 0 Å². The molecule has 3 rings (SSSR count). The summed E-state index contributed by atoms with van der Waals surface area (Å²) >= 11 is 1.35. The fourth-order valence-corrected chi connectivity index (χ4v) is 4.07. The average Bonchev–Trinajstić information content (AvgIpc) is 3.02. The van der Waals surface area contributed by atoms with Gasteiger partial charge >= 0.3 is 5.69 Å². The molecule has 1 saturated heterocycles. The van der Waals surface area contributed by atoms with Crippen molar-refractivity contribution in [1.29, 1.82) is 0 Å². The SMILES string of the molecule is CCCn1c(SC(C)C(=O)N2CCN(c3ccccc3)CC2)n[nH]c1=O. The maximum Gasteiger partial charge on any atom is 0.343 e. The highest BCUT2D eigenvalue weighted by atomic mass is 32.2. The van der Waals surface area contributed by atoms with Gasteiger partial charge in [-0.25, -0.2) is 9.89 Å². The van der Waals surface area contributed by atoms with Gasteiger partial charge in [0, 0.05) is 38.4 Å². The molecule has 7 nitrogen and oxygen atoms in total. The number of para-hydroxylation sites is 1. The highest BCUT2D eigenvalue weighted by Gasteiger charge is 2.27. The molecule has 1 unspecified atom stereocenters. The van der Waals surface area contributed by atoms with Gasteiger partial charge in [-0.1, -0.05) is 36.9 Å². The highest BCUT2D eigenvalue weighted by molar-refractivity contribution is 8.00. The minimum absolute atomic E-state index is 0.0983. The number of nitrogens with zero attached hydrogens (tertiary/aromatic N) is 4. The van der Waals surface area contributed by atoms with Crippen LogP contribution in [-0.2, 0) is 11.3 Å². The van der Waals surface area contributed by atoms with Gasteiger partial charge in [-0.05, 0) is 25.5 Å². The number of hydrogen-bond donors (Lipinski definition) is 1. The van der Waals surface area contributed by atoms with Crippen LogP contribution in [0.1, 0.15) is 20.3 Å². The lowest BCUT2D eigenvalue weighted by Gasteiger charge is -2.37. The van der Waals surface area contributed by atoms with E-state index in [0.717, 1.165) is 19.5 Å². The van der Waals surface area contributed by atoms with Crippen LogP contribution in [0.15, 0.2) is 40.3 Å². The topological polar surface area (TPSA) is 74.2 Å². The van der Waals surface area contributed by atoms with Gasteiger partial charge in [0.25, 0.3) is 0 Å². The number of carbonyl (C=O) groups is 1. The number of nitrogens with one attached hydrogen (secondary N) is 1. The molecule has 1 atom stereocenters. The summed E-state index contributed by atoms with van der Waals surface area (Å²) in [5.41, 5.74) is 0.979. The first kappa shape index (κ1) is 18.6. The number of piperazine rings is 1. The van der Waals surface area contributed by atoms with E-state index in [0.29, 0.717) is 24.8 Å². The van der Waals surface area contributed by atoms with Crippen molar-refractivity contribution >= 4 is 23.4 Å². The number of anilines is 1. The summed E-state index contributed by atoms with van der Waals surface area (Å²) in [7, 11) is 0. The second kappa shape index (κ2) is 8.44. The zero-order valence-electron chi connectivity index (χ0n) is 15.2. The van der Waals surface area contributed by atoms with Crippen molar-refractivity contribution in [2.75, 3.05) is 31.1 Å². The van der Waals surface area contributed by atoms with Gasteiger partial charge in [0.1, 0.15) is 0 Å². The van der Waals surface area contributed by atoms with Crippen LogP contribution in [0.25, 0.3) is 0 Å². The Hall–Kier alpha value is -2.22. The lowest BCUT2D eigenvalue weighted by atomic mass is 10.2. The molecule has 0 radical (unpaired) electrons. The molecule has 0 bridgehead atoms. The third kappa shape index (κ3) is 4.12. The Bertz CT molecular complexity index is 780. The van der Waals surface area contributed by atoms with Gasteiger partial charge in [-0.15, -0.1) is 5.10 Å². The van der Waals surface area contributed by atoms with Crippen LogP contribution in [0.2, 0.25) is 0 Å². The van der Waals surface area contributed by atoms with E-state index in [9.17, 15) is 9.59 Å². The normalized spacial score (nSPS) is 15.9. The predicted molar refractivity (Wildman–Crippen MR) is 104 cm³/mol. The maximum atomic E-state index is 12.8.